The van der Waals surface area contributed by atoms with E-state index in [1.54, 1.807) is 0 Å². The van der Waals surface area contributed by atoms with Crippen molar-refractivity contribution in [3.63, 3.8) is 0 Å². The third-order valence-electron chi connectivity index (χ3n) is 2.18. The first-order chi connectivity index (χ1) is 4.83. The van der Waals surface area contributed by atoms with Gasteiger partial charge in [-0.15, -0.1) is 0 Å². The van der Waals surface area contributed by atoms with Gasteiger partial charge in [0.2, 0.25) is 0 Å². The van der Waals surface area contributed by atoms with Crippen LogP contribution in [-0.4, -0.2) is 17.3 Å². The Morgan fingerprint density at radius 3 is 2.50 bits per heavy atom. The maximum absolute atomic E-state index is 8.93. The van der Waals surface area contributed by atoms with Crippen LogP contribution < -0.4 is 5.32 Å². The first-order valence-corrected chi connectivity index (χ1v) is 3.60. The van der Waals surface area contributed by atoms with Crippen molar-refractivity contribution in [1.29, 1.82) is 5.26 Å². The fourth-order valence-corrected chi connectivity index (χ4v) is 1.49. The van der Waals surface area contributed by atoms with Crippen molar-refractivity contribution in [1.82, 2.24) is 5.32 Å². The molecule has 2 N–H and O–H groups in total. The molecule has 1 saturated carbocycles. The van der Waals surface area contributed by atoms with Gasteiger partial charge in [-0.05, 0) is 12.8 Å². The van der Waals surface area contributed by atoms with Crippen LogP contribution in [0.3, 0.4) is 0 Å². The number of nitriles is 1. The number of rotatable bonds is 2. The summed E-state index contributed by atoms with van der Waals surface area (Å²) in [5.41, 5.74) is -0.269. The monoisotopic (exact) mass is 140 g/mol. The molecule has 0 amide bonds. The summed E-state index contributed by atoms with van der Waals surface area (Å²) in [7, 11) is 0. The molecular weight excluding hydrogens is 128 g/mol. The lowest BCUT2D eigenvalue weighted by atomic mass is 10.00. The van der Waals surface area contributed by atoms with E-state index in [9.17, 15) is 0 Å². The average Bonchev–Trinajstić information content (AvgIpc) is 2.39. The second kappa shape index (κ2) is 2.89. The molecule has 1 aliphatic carbocycles. The number of aliphatic hydroxyl groups excluding tert-OH is 1. The van der Waals surface area contributed by atoms with Gasteiger partial charge in [-0.1, -0.05) is 12.8 Å². The van der Waals surface area contributed by atoms with E-state index >= 15 is 0 Å². The van der Waals surface area contributed by atoms with E-state index in [1.807, 2.05) is 6.19 Å². The molecule has 0 aromatic carbocycles. The maximum atomic E-state index is 8.93. The van der Waals surface area contributed by atoms with Gasteiger partial charge in [-0.25, -0.2) is 0 Å². The Morgan fingerprint density at radius 2 is 2.10 bits per heavy atom. The Morgan fingerprint density at radius 1 is 1.50 bits per heavy atom. The van der Waals surface area contributed by atoms with E-state index in [2.05, 4.69) is 5.32 Å². The predicted octanol–water partition coefficient (Wildman–Crippen LogP) is 0.362. The van der Waals surface area contributed by atoms with E-state index in [1.165, 1.54) is 0 Å². The van der Waals surface area contributed by atoms with Gasteiger partial charge in [0, 0.05) is 0 Å². The molecule has 1 rings (SSSR count). The summed E-state index contributed by atoms with van der Waals surface area (Å²) >= 11 is 0. The summed E-state index contributed by atoms with van der Waals surface area (Å²) in [6.07, 6.45) is 5.99. The molecule has 0 aromatic rings. The summed E-state index contributed by atoms with van der Waals surface area (Å²) in [5, 5.41) is 19.9. The molecule has 0 unspecified atom stereocenters. The Hall–Kier alpha value is -0.750. The smallest absolute Gasteiger partial charge is 0.177 e. The Balaban J connectivity index is 2.51. The van der Waals surface area contributed by atoms with Gasteiger partial charge >= 0.3 is 0 Å². The predicted molar refractivity (Wildman–Crippen MR) is 37.0 cm³/mol. The number of hydrogen-bond acceptors (Lipinski definition) is 3. The zero-order valence-electron chi connectivity index (χ0n) is 5.93. The maximum Gasteiger partial charge on any atom is 0.177 e. The molecular formula is C7H12N2O. The summed E-state index contributed by atoms with van der Waals surface area (Å²) < 4.78 is 0. The highest BCUT2D eigenvalue weighted by Crippen LogP contribution is 2.28. The average molecular weight is 140 g/mol. The number of nitrogens with one attached hydrogen (secondary N) is 1. The van der Waals surface area contributed by atoms with Crippen molar-refractivity contribution in [2.24, 2.45) is 0 Å². The molecule has 3 heteroatoms. The van der Waals surface area contributed by atoms with E-state index in [0.717, 1.165) is 25.7 Å². The molecule has 0 spiro atoms. The fraction of sp³-hybridized carbons (Fsp3) is 0.857. The van der Waals surface area contributed by atoms with Crippen LogP contribution in [0.5, 0.6) is 0 Å². The zero-order chi connectivity index (χ0) is 7.45. The van der Waals surface area contributed by atoms with Crippen molar-refractivity contribution in [2.75, 3.05) is 6.61 Å². The highest BCUT2D eigenvalue weighted by Gasteiger charge is 2.32. The van der Waals surface area contributed by atoms with Crippen LogP contribution in [0.4, 0.5) is 0 Å². The minimum atomic E-state index is -0.269. The Bertz CT molecular complexity index is 144. The van der Waals surface area contributed by atoms with Crippen molar-refractivity contribution in [2.45, 2.75) is 31.2 Å². The molecule has 0 aromatic heterocycles. The highest BCUT2D eigenvalue weighted by atomic mass is 16.3. The molecule has 0 heterocycles. The first-order valence-electron chi connectivity index (χ1n) is 3.60. The summed E-state index contributed by atoms with van der Waals surface area (Å²) in [6, 6.07) is 0. The quantitative estimate of drug-likeness (QED) is 0.430. The number of aliphatic hydroxyl groups is 1. The van der Waals surface area contributed by atoms with Gasteiger partial charge in [-0.3, -0.25) is 0 Å². The van der Waals surface area contributed by atoms with Crippen LogP contribution in [0.2, 0.25) is 0 Å². The molecule has 0 radical (unpaired) electrons. The Labute approximate surface area is 60.7 Å². The molecule has 1 aliphatic rings. The van der Waals surface area contributed by atoms with Crippen molar-refractivity contribution >= 4 is 0 Å². The number of nitrogens with zero attached hydrogens (tertiary/aromatic N) is 1. The van der Waals surface area contributed by atoms with Crippen LogP contribution >= 0.6 is 0 Å². The molecule has 0 saturated heterocycles. The van der Waals surface area contributed by atoms with Crippen molar-refractivity contribution in [3.8, 4) is 6.19 Å². The molecule has 0 atom stereocenters. The van der Waals surface area contributed by atoms with Crippen LogP contribution in [0.25, 0.3) is 0 Å². The second-order valence-electron chi connectivity index (χ2n) is 2.88. The van der Waals surface area contributed by atoms with Crippen molar-refractivity contribution in [3.05, 3.63) is 0 Å². The van der Waals surface area contributed by atoms with Crippen LogP contribution in [-0.2, 0) is 0 Å². The third-order valence-corrected chi connectivity index (χ3v) is 2.18. The van der Waals surface area contributed by atoms with Gasteiger partial charge in [0.15, 0.2) is 6.19 Å². The minimum absolute atomic E-state index is 0.0839. The van der Waals surface area contributed by atoms with E-state index in [4.69, 9.17) is 10.4 Å². The van der Waals surface area contributed by atoms with Gasteiger partial charge in [0.05, 0.1) is 12.1 Å². The molecule has 10 heavy (non-hydrogen) atoms. The third kappa shape index (κ3) is 1.22. The summed E-state index contributed by atoms with van der Waals surface area (Å²) in [5.74, 6) is 0. The van der Waals surface area contributed by atoms with Gasteiger partial charge < -0.3 is 10.4 Å². The minimum Gasteiger partial charge on any atom is -0.394 e. The molecule has 3 nitrogen and oxygen atoms in total. The second-order valence-corrected chi connectivity index (χ2v) is 2.88. The largest absolute Gasteiger partial charge is 0.394 e. The summed E-state index contributed by atoms with van der Waals surface area (Å²) in [4.78, 5) is 0. The summed E-state index contributed by atoms with van der Waals surface area (Å²) in [6.45, 7) is 0.0839. The van der Waals surface area contributed by atoms with E-state index < -0.39 is 0 Å². The topological polar surface area (TPSA) is 56.0 Å². The first kappa shape index (κ1) is 7.36. The van der Waals surface area contributed by atoms with Gasteiger partial charge in [-0.2, -0.15) is 5.26 Å². The van der Waals surface area contributed by atoms with Crippen LogP contribution in [0, 0.1) is 11.5 Å². The lowest BCUT2D eigenvalue weighted by Crippen LogP contribution is -2.43. The lowest BCUT2D eigenvalue weighted by molar-refractivity contribution is 0.180. The number of hydrogen-bond donors (Lipinski definition) is 2. The Kier molecular flexibility index (Phi) is 2.13. The normalized spacial score (nSPS) is 22.0. The fourth-order valence-electron chi connectivity index (χ4n) is 1.49. The van der Waals surface area contributed by atoms with E-state index in [0.29, 0.717) is 0 Å². The van der Waals surface area contributed by atoms with Crippen molar-refractivity contribution < 1.29 is 5.11 Å². The highest BCUT2D eigenvalue weighted by molar-refractivity contribution is 4.96. The van der Waals surface area contributed by atoms with Crippen LogP contribution in [0.1, 0.15) is 25.7 Å². The SMILES string of the molecule is N#CNC1(CO)CCCC1. The molecule has 1 fully saturated rings. The van der Waals surface area contributed by atoms with E-state index in [-0.39, 0.29) is 12.1 Å². The van der Waals surface area contributed by atoms with Gasteiger partial charge in [0.1, 0.15) is 0 Å². The van der Waals surface area contributed by atoms with Crippen LogP contribution in [0.15, 0.2) is 0 Å². The zero-order valence-corrected chi connectivity index (χ0v) is 5.93. The molecule has 0 aliphatic heterocycles. The standard InChI is InChI=1S/C7H12N2O/c8-6-9-7(5-10)3-1-2-4-7/h9-10H,1-5H2. The lowest BCUT2D eigenvalue weighted by Gasteiger charge is -2.23. The molecule has 0 bridgehead atoms. The molecule has 56 valence electrons. The van der Waals surface area contributed by atoms with Gasteiger partial charge in [0.25, 0.3) is 0 Å².